The summed E-state index contributed by atoms with van der Waals surface area (Å²) in [5, 5.41) is 9.72. The molecule has 1 saturated heterocycles. The molecule has 1 heterocycles. The van der Waals surface area contributed by atoms with E-state index in [-0.39, 0.29) is 6.04 Å². The maximum atomic E-state index is 9.72. The molecule has 14 heavy (non-hydrogen) atoms. The molecule has 3 nitrogen and oxygen atoms in total. The van der Waals surface area contributed by atoms with E-state index in [9.17, 15) is 5.11 Å². The number of hydrogen-bond acceptors (Lipinski definition) is 3. The highest BCUT2D eigenvalue weighted by Crippen LogP contribution is 2.20. The van der Waals surface area contributed by atoms with E-state index in [0.717, 1.165) is 19.6 Å². The molecular formula is C11H24N2O. The van der Waals surface area contributed by atoms with Crippen LogP contribution >= 0.6 is 0 Å². The fourth-order valence-electron chi connectivity index (χ4n) is 2.21. The molecule has 0 aromatic carbocycles. The first-order valence-corrected chi connectivity index (χ1v) is 5.59. The molecule has 84 valence electrons. The summed E-state index contributed by atoms with van der Waals surface area (Å²) in [6, 6.07) is 0.277. The number of rotatable bonds is 3. The zero-order valence-electron chi connectivity index (χ0n) is 9.66. The van der Waals surface area contributed by atoms with Crippen LogP contribution in [0.3, 0.4) is 0 Å². The van der Waals surface area contributed by atoms with Crippen molar-refractivity contribution in [2.75, 3.05) is 19.6 Å². The van der Waals surface area contributed by atoms with Crippen molar-refractivity contribution in [1.82, 2.24) is 4.90 Å². The van der Waals surface area contributed by atoms with E-state index in [2.05, 4.69) is 11.8 Å². The average Bonchev–Trinajstić information content (AvgIpc) is 2.01. The Hall–Kier alpha value is -0.120. The van der Waals surface area contributed by atoms with Crippen LogP contribution in [0, 0.1) is 5.92 Å². The SMILES string of the molecule is C[C@H](N)[C@@H]1CCCN(CC(C)(C)O)C1. The topological polar surface area (TPSA) is 49.5 Å². The molecule has 0 amide bonds. The molecule has 1 rings (SSSR count). The van der Waals surface area contributed by atoms with Gasteiger partial charge in [-0.05, 0) is 46.1 Å². The van der Waals surface area contributed by atoms with Crippen LogP contribution in [0.2, 0.25) is 0 Å². The van der Waals surface area contributed by atoms with Crippen molar-refractivity contribution < 1.29 is 5.11 Å². The van der Waals surface area contributed by atoms with E-state index < -0.39 is 5.60 Å². The Morgan fingerprint density at radius 3 is 2.71 bits per heavy atom. The standard InChI is InChI=1S/C11H24N2O/c1-9(12)10-5-4-6-13(7-10)8-11(2,3)14/h9-10,14H,4-8,12H2,1-3H3/t9-,10+/m0/s1. The van der Waals surface area contributed by atoms with Crippen molar-refractivity contribution in [3.8, 4) is 0 Å². The van der Waals surface area contributed by atoms with Gasteiger partial charge >= 0.3 is 0 Å². The minimum absolute atomic E-state index is 0.277. The van der Waals surface area contributed by atoms with Gasteiger partial charge in [-0.25, -0.2) is 0 Å². The van der Waals surface area contributed by atoms with E-state index in [1.807, 2.05) is 13.8 Å². The Balaban J connectivity index is 2.40. The maximum absolute atomic E-state index is 9.72. The molecule has 1 aliphatic heterocycles. The summed E-state index contributed by atoms with van der Waals surface area (Å²) in [5.74, 6) is 0.603. The van der Waals surface area contributed by atoms with E-state index in [4.69, 9.17) is 5.73 Å². The summed E-state index contributed by atoms with van der Waals surface area (Å²) in [6.45, 7) is 8.72. The van der Waals surface area contributed by atoms with Crippen molar-refractivity contribution in [3.63, 3.8) is 0 Å². The van der Waals surface area contributed by atoms with Gasteiger partial charge in [0.2, 0.25) is 0 Å². The van der Waals surface area contributed by atoms with Crippen LogP contribution in [0.25, 0.3) is 0 Å². The van der Waals surface area contributed by atoms with E-state index in [0.29, 0.717) is 5.92 Å². The van der Waals surface area contributed by atoms with Gasteiger partial charge in [-0.15, -0.1) is 0 Å². The molecule has 0 spiro atoms. The summed E-state index contributed by atoms with van der Waals surface area (Å²) in [6.07, 6.45) is 2.45. The molecule has 1 aliphatic rings. The van der Waals surface area contributed by atoms with Crippen molar-refractivity contribution in [1.29, 1.82) is 0 Å². The second-order valence-electron chi connectivity index (χ2n) is 5.31. The lowest BCUT2D eigenvalue weighted by Crippen LogP contribution is -2.47. The van der Waals surface area contributed by atoms with Crippen molar-refractivity contribution in [3.05, 3.63) is 0 Å². The van der Waals surface area contributed by atoms with Crippen LogP contribution in [0.4, 0.5) is 0 Å². The Morgan fingerprint density at radius 2 is 2.21 bits per heavy atom. The molecule has 0 bridgehead atoms. The fraction of sp³-hybridized carbons (Fsp3) is 1.00. The molecule has 0 aliphatic carbocycles. The van der Waals surface area contributed by atoms with Gasteiger partial charge < -0.3 is 15.7 Å². The van der Waals surface area contributed by atoms with Gasteiger partial charge in [0, 0.05) is 19.1 Å². The summed E-state index contributed by atoms with van der Waals surface area (Å²) in [4.78, 5) is 2.33. The quantitative estimate of drug-likeness (QED) is 0.709. The van der Waals surface area contributed by atoms with Gasteiger partial charge in [0.05, 0.1) is 5.60 Å². The monoisotopic (exact) mass is 200 g/mol. The number of piperidine rings is 1. The largest absolute Gasteiger partial charge is 0.389 e. The van der Waals surface area contributed by atoms with Crippen LogP contribution in [0.15, 0.2) is 0 Å². The molecule has 0 aromatic heterocycles. The summed E-state index contributed by atoms with van der Waals surface area (Å²) >= 11 is 0. The number of hydrogen-bond donors (Lipinski definition) is 2. The third kappa shape index (κ3) is 3.95. The summed E-state index contributed by atoms with van der Waals surface area (Å²) in [7, 11) is 0. The number of β-amino-alcohol motifs (C(OH)–C–C–N with tert-alkyl or cyclic N) is 1. The number of nitrogens with two attached hydrogens (primary N) is 1. The average molecular weight is 200 g/mol. The van der Waals surface area contributed by atoms with Gasteiger partial charge in [0.1, 0.15) is 0 Å². The summed E-state index contributed by atoms with van der Waals surface area (Å²) in [5.41, 5.74) is 5.32. The van der Waals surface area contributed by atoms with Crippen LogP contribution < -0.4 is 5.73 Å². The lowest BCUT2D eigenvalue weighted by Gasteiger charge is -2.37. The Labute approximate surface area is 87.3 Å². The van der Waals surface area contributed by atoms with Gasteiger partial charge in [-0.1, -0.05) is 0 Å². The maximum Gasteiger partial charge on any atom is 0.0718 e. The van der Waals surface area contributed by atoms with Crippen molar-refractivity contribution in [2.24, 2.45) is 11.7 Å². The molecule has 0 unspecified atom stereocenters. The first-order valence-electron chi connectivity index (χ1n) is 5.59. The van der Waals surface area contributed by atoms with Gasteiger partial charge in [-0.2, -0.15) is 0 Å². The molecule has 3 N–H and O–H groups in total. The van der Waals surface area contributed by atoms with E-state index >= 15 is 0 Å². The third-order valence-corrected chi connectivity index (χ3v) is 2.90. The second-order valence-corrected chi connectivity index (χ2v) is 5.31. The van der Waals surface area contributed by atoms with Crippen LogP contribution in [-0.4, -0.2) is 41.3 Å². The van der Waals surface area contributed by atoms with Crippen molar-refractivity contribution >= 4 is 0 Å². The van der Waals surface area contributed by atoms with Gasteiger partial charge in [-0.3, -0.25) is 0 Å². The highest BCUT2D eigenvalue weighted by atomic mass is 16.3. The predicted molar refractivity (Wildman–Crippen MR) is 59.1 cm³/mol. The second kappa shape index (κ2) is 4.60. The molecule has 0 saturated carbocycles. The lowest BCUT2D eigenvalue weighted by atomic mass is 9.91. The molecule has 1 fully saturated rings. The minimum atomic E-state index is -0.584. The zero-order valence-corrected chi connectivity index (χ0v) is 9.66. The first-order chi connectivity index (χ1) is 6.38. The number of nitrogens with zero attached hydrogens (tertiary/aromatic N) is 1. The number of aliphatic hydroxyl groups is 1. The first kappa shape index (κ1) is 12.0. The lowest BCUT2D eigenvalue weighted by molar-refractivity contribution is 0.0197. The molecular weight excluding hydrogens is 176 g/mol. The molecule has 0 radical (unpaired) electrons. The smallest absolute Gasteiger partial charge is 0.0718 e. The fourth-order valence-corrected chi connectivity index (χ4v) is 2.21. The van der Waals surface area contributed by atoms with Gasteiger partial charge in [0.15, 0.2) is 0 Å². The summed E-state index contributed by atoms with van der Waals surface area (Å²) < 4.78 is 0. The molecule has 2 atom stereocenters. The Bertz CT molecular complexity index is 175. The normalized spacial score (nSPS) is 27.6. The Kier molecular flexibility index (Phi) is 3.93. The Morgan fingerprint density at radius 1 is 1.57 bits per heavy atom. The highest BCUT2D eigenvalue weighted by molar-refractivity contribution is 4.81. The van der Waals surface area contributed by atoms with Gasteiger partial charge in [0.25, 0.3) is 0 Å². The van der Waals surface area contributed by atoms with Crippen molar-refractivity contribution in [2.45, 2.75) is 45.3 Å². The number of likely N-dealkylation sites (tertiary alicyclic amines) is 1. The van der Waals surface area contributed by atoms with E-state index in [1.165, 1.54) is 12.8 Å². The third-order valence-electron chi connectivity index (χ3n) is 2.90. The van der Waals surface area contributed by atoms with Crippen LogP contribution in [-0.2, 0) is 0 Å². The molecule has 3 heteroatoms. The highest BCUT2D eigenvalue weighted by Gasteiger charge is 2.26. The molecule has 0 aromatic rings. The minimum Gasteiger partial charge on any atom is -0.389 e. The van der Waals surface area contributed by atoms with Crippen LogP contribution in [0.5, 0.6) is 0 Å². The zero-order chi connectivity index (χ0) is 10.8. The van der Waals surface area contributed by atoms with E-state index in [1.54, 1.807) is 0 Å². The predicted octanol–water partition coefficient (Wildman–Crippen LogP) is 0.816. The van der Waals surface area contributed by atoms with Crippen LogP contribution in [0.1, 0.15) is 33.6 Å².